The molecular formula is C13H25NO4Si. The van der Waals surface area contributed by atoms with E-state index < -0.39 is 25.9 Å². The molecule has 0 aromatic heterocycles. The lowest BCUT2D eigenvalue weighted by Crippen LogP contribution is -2.51. The molecule has 1 heterocycles. The van der Waals surface area contributed by atoms with Crippen molar-refractivity contribution in [2.45, 2.75) is 63.9 Å². The molecule has 1 unspecified atom stereocenters. The molecule has 5 nitrogen and oxygen atoms in total. The predicted octanol–water partition coefficient (Wildman–Crippen LogP) is 1.83. The first-order valence-corrected chi connectivity index (χ1v) is 9.43. The van der Waals surface area contributed by atoms with Gasteiger partial charge in [0.2, 0.25) is 0 Å². The van der Waals surface area contributed by atoms with Gasteiger partial charge in [-0.05, 0) is 25.1 Å². The maximum Gasteiger partial charge on any atom is 0.328 e. The van der Waals surface area contributed by atoms with Crippen LogP contribution in [-0.2, 0) is 18.8 Å². The highest BCUT2D eigenvalue weighted by atomic mass is 28.4. The summed E-state index contributed by atoms with van der Waals surface area (Å²) in [6.07, 6.45) is 0.324. The van der Waals surface area contributed by atoms with Crippen LogP contribution >= 0.6 is 0 Å². The lowest BCUT2D eigenvalue weighted by Gasteiger charge is -2.41. The number of rotatable bonds is 3. The minimum atomic E-state index is -2.07. The van der Waals surface area contributed by atoms with Crippen molar-refractivity contribution in [2.24, 2.45) is 0 Å². The van der Waals surface area contributed by atoms with E-state index in [1.165, 1.54) is 7.11 Å². The van der Waals surface area contributed by atoms with Gasteiger partial charge < -0.3 is 14.5 Å². The zero-order valence-corrected chi connectivity index (χ0v) is 13.9. The molecule has 2 atom stereocenters. The summed E-state index contributed by atoms with van der Waals surface area (Å²) in [5, 5.41) is 2.67. The first-order valence-electron chi connectivity index (χ1n) is 6.52. The molecule has 1 N–H and O–H groups in total. The number of ether oxygens (including phenoxy) is 1. The predicted molar refractivity (Wildman–Crippen MR) is 75.3 cm³/mol. The van der Waals surface area contributed by atoms with E-state index in [1.807, 2.05) is 0 Å². The fourth-order valence-electron chi connectivity index (χ4n) is 1.93. The second-order valence-electron chi connectivity index (χ2n) is 6.85. The van der Waals surface area contributed by atoms with Gasteiger partial charge in [0.05, 0.1) is 7.11 Å². The second-order valence-corrected chi connectivity index (χ2v) is 11.6. The Morgan fingerprint density at radius 1 is 1.42 bits per heavy atom. The van der Waals surface area contributed by atoms with Gasteiger partial charge in [-0.1, -0.05) is 20.8 Å². The molecule has 1 amide bonds. The van der Waals surface area contributed by atoms with Crippen LogP contribution in [0.15, 0.2) is 0 Å². The third kappa shape index (κ3) is 3.17. The second kappa shape index (κ2) is 4.90. The number of carbonyl (C=O) groups is 2. The Morgan fingerprint density at radius 2 is 1.95 bits per heavy atom. The van der Waals surface area contributed by atoms with E-state index >= 15 is 0 Å². The Bertz CT molecular complexity index is 389. The number of amides is 1. The van der Waals surface area contributed by atoms with Gasteiger partial charge in [-0.25, -0.2) is 4.79 Å². The highest BCUT2D eigenvalue weighted by Crippen LogP contribution is 2.41. The Hall–Kier alpha value is -0.883. The van der Waals surface area contributed by atoms with Gasteiger partial charge in [0.1, 0.15) is 11.6 Å². The SMILES string of the molecule is COC(=O)[C@@H]1CC(C)(O[Si](C)(C)C(C)(C)C)C(=O)N1. The standard InChI is InChI=1S/C13H25NO4Si/c1-12(2,3)19(6,7)18-13(4)8-9(10(15)17-5)14-11(13)16/h9H,8H2,1-7H3,(H,14,16)/t9-,13?/m0/s1. The first-order chi connectivity index (χ1) is 8.43. The summed E-state index contributed by atoms with van der Waals surface area (Å²) in [5.41, 5.74) is -0.943. The molecule has 1 saturated heterocycles. The van der Waals surface area contributed by atoms with Crippen LogP contribution in [-0.4, -0.2) is 38.9 Å². The molecule has 0 aliphatic carbocycles. The summed E-state index contributed by atoms with van der Waals surface area (Å²) < 4.78 is 10.9. The van der Waals surface area contributed by atoms with Gasteiger partial charge in [0, 0.05) is 6.42 Å². The Kier molecular flexibility index (Phi) is 4.17. The third-order valence-corrected chi connectivity index (χ3v) is 8.72. The zero-order valence-electron chi connectivity index (χ0n) is 12.9. The van der Waals surface area contributed by atoms with Crippen LogP contribution in [0.3, 0.4) is 0 Å². The van der Waals surface area contributed by atoms with Gasteiger partial charge in [0.15, 0.2) is 8.32 Å². The van der Waals surface area contributed by atoms with Gasteiger partial charge >= 0.3 is 5.97 Å². The van der Waals surface area contributed by atoms with Crippen LogP contribution in [0.4, 0.5) is 0 Å². The van der Waals surface area contributed by atoms with Crippen molar-refractivity contribution >= 4 is 20.2 Å². The van der Waals surface area contributed by atoms with Crippen molar-refractivity contribution in [3.05, 3.63) is 0 Å². The Morgan fingerprint density at radius 3 is 2.37 bits per heavy atom. The Labute approximate surface area is 116 Å². The van der Waals surface area contributed by atoms with Gasteiger partial charge in [-0.2, -0.15) is 0 Å². The third-order valence-electron chi connectivity index (χ3n) is 4.15. The van der Waals surface area contributed by atoms with Crippen molar-refractivity contribution in [3.8, 4) is 0 Å². The molecule has 6 heteroatoms. The summed E-state index contributed by atoms with van der Waals surface area (Å²) in [5.74, 6) is -0.649. The van der Waals surface area contributed by atoms with E-state index in [0.717, 1.165) is 0 Å². The maximum absolute atomic E-state index is 12.1. The van der Waals surface area contributed by atoms with Crippen LogP contribution in [0.1, 0.15) is 34.1 Å². The van der Waals surface area contributed by atoms with Gasteiger partial charge in [-0.15, -0.1) is 0 Å². The number of esters is 1. The molecule has 1 aliphatic heterocycles. The lowest BCUT2D eigenvalue weighted by atomic mass is 10.0. The number of hydrogen-bond acceptors (Lipinski definition) is 4. The molecule has 1 rings (SSSR count). The first kappa shape index (κ1) is 16.2. The molecule has 0 spiro atoms. The molecule has 0 aromatic carbocycles. The average molecular weight is 287 g/mol. The van der Waals surface area contributed by atoms with Gasteiger partial charge in [-0.3, -0.25) is 4.79 Å². The van der Waals surface area contributed by atoms with E-state index in [0.29, 0.717) is 6.42 Å². The Balaban J connectivity index is 2.89. The molecule has 19 heavy (non-hydrogen) atoms. The highest BCUT2D eigenvalue weighted by molar-refractivity contribution is 6.74. The van der Waals surface area contributed by atoms with Gasteiger partial charge in [0.25, 0.3) is 5.91 Å². The highest BCUT2D eigenvalue weighted by Gasteiger charge is 2.52. The van der Waals surface area contributed by atoms with Crippen molar-refractivity contribution < 1.29 is 18.8 Å². The van der Waals surface area contributed by atoms with Crippen LogP contribution in [0, 0.1) is 0 Å². The van der Waals surface area contributed by atoms with E-state index in [4.69, 9.17) is 4.43 Å². The number of nitrogens with one attached hydrogen (secondary N) is 1. The van der Waals surface area contributed by atoms with Crippen LogP contribution in [0.5, 0.6) is 0 Å². The van der Waals surface area contributed by atoms with Crippen LogP contribution in [0.25, 0.3) is 0 Å². The molecule has 1 aliphatic rings. The fraction of sp³-hybridized carbons (Fsp3) is 0.846. The van der Waals surface area contributed by atoms with E-state index in [2.05, 4.69) is 43.9 Å². The normalized spacial score (nSPS) is 28.2. The van der Waals surface area contributed by atoms with Crippen molar-refractivity contribution in [2.75, 3.05) is 7.11 Å². The number of carbonyl (C=O) groups excluding carboxylic acids is 2. The number of hydrogen-bond donors (Lipinski definition) is 1. The average Bonchev–Trinajstić information content (AvgIpc) is 2.51. The van der Waals surface area contributed by atoms with Crippen LogP contribution in [0.2, 0.25) is 18.1 Å². The zero-order chi connectivity index (χ0) is 15.1. The molecule has 0 saturated carbocycles. The minimum Gasteiger partial charge on any atom is -0.467 e. The van der Waals surface area contributed by atoms with Crippen molar-refractivity contribution in [1.29, 1.82) is 0 Å². The summed E-state index contributed by atoms with van der Waals surface area (Å²) in [4.78, 5) is 23.6. The smallest absolute Gasteiger partial charge is 0.328 e. The maximum atomic E-state index is 12.1. The molecule has 0 radical (unpaired) electrons. The number of methoxy groups -OCH3 is 1. The minimum absolute atomic E-state index is 0.0135. The molecule has 0 bridgehead atoms. The van der Waals surface area contributed by atoms with Crippen LogP contribution < -0.4 is 5.32 Å². The van der Waals surface area contributed by atoms with E-state index in [-0.39, 0.29) is 10.9 Å². The topological polar surface area (TPSA) is 64.6 Å². The summed E-state index contributed by atoms with van der Waals surface area (Å²) in [6.45, 7) is 12.3. The summed E-state index contributed by atoms with van der Waals surface area (Å²) in [7, 11) is -0.753. The quantitative estimate of drug-likeness (QED) is 0.635. The molecule has 0 aromatic rings. The fourth-order valence-corrected chi connectivity index (χ4v) is 3.54. The molecular weight excluding hydrogens is 262 g/mol. The van der Waals surface area contributed by atoms with E-state index in [9.17, 15) is 9.59 Å². The van der Waals surface area contributed by atoms with E-state index in [1.54, 1.807) is 6.92 Å². The van der Waals surface area contributed by atoms with Crippen molar-refractivity contribution in [1.82, 2.24) is 5.32 Å². The summed E-state index contributed by atoms with van der Waals surface area (Å²) >= 11 is 0. The lowest BCUT2D eigenvalue weighted by molar-refractivity contribution is -0.143. The molecule has 110 valence electrons. The van der Waals surface area contributed by atoms with Crippen molar-refractivity contribution in [3.63, 3.8) is 0 Å². The molecule has 1 fully saturated rings. The largest absolute Gasteiger partial charge is 0.467 e. The monoisotopic (exact) mass is 287 g/mol. The summed E-state index contributed by atoms with van der Waals surface area (Å²) in [6, 6.07) is -0.604.